The molecule has 1 heteroatoms. The van der Waals surface area contributed by atoms with Gasteiger partial charge < -0.3 is 5.73 Å². The Hall–Kier alpha value is -0.300. The standard InChI is InChI=1S/C12H21N/c1-12(2,13)6-5-11-8-9-3-4-10(11)7-9/h3-4,9-11H,5-8,13H2,1-2H3. The molecule has 2 bridgehead atoms. The average molecular weight is 179 g/mol. The third-order valence-electron chi connectivity index (χ3n) is 3.58. The Kier molecular flexibility index (Phi) is 2.23. The van der Waals surface area contributed by atoms with Gasteiger partial charge in [-0.05, 0) is 57.3 Å². The molecule has 0 amide bonds. The summed E-state index contributed by atoms with van der Waals surface area (Å²) in [7, 11) is 0. The van der Waals surface area contributed by atoms with Crippen molar-refractivity contribution in [3.8, 4) is 0 Å². The Morgan fingerprint density at radius 3 is 2.54 bits per heavy atom. The zero-order valence-corrected chi connectivity index (χ0v) is 8.79. The minimum absolute atomic E-state index is 0.0333. The maximum Gasteiger partial charge on any atom is 0.00971 e. The van der Waals surface area contributed by atoms with E-state index in [1.807, 2.05) is 0 Å². The van der Waals surface area contributed by atoms with Gasteiger partial charge in [-0.1, -0.05) is 12.2 Å². The molecule has 0 saturated heterocycles. The fraction of sp³-hybridized carbons (Fsp3) is 0.833. The van der Waals surface area contributed by atoms with Crippen LogP contribution in [0.15, 0.2) is 12.2 Å². The molecule has 0 aliphatic heterocycles. The summed E-state index contributed by atoms with van der Waals surface area (Å²) in [5.41, 5.74) is 6.03. The van der Waals surface area contributed by atoms with Gasteiger partial charge in [-0.15, -0.1) is 0 Å². The molecule has 2 aliphatic carbocycles. The monoisotopic (exact) mass is 179 g/mol. The topological polar surface area (TPSA) is 26.0 Å². The second kappa shape index (κ2) is 3.13. The highest BCUT2D eigenvalue weighted by atomic mass is 14.7. The minimum Gasteiger partial charge on any atom is -0.326 e. The predicted octanol–water partition coefficient (Wildman–Crippen LogP) is 2.72. The van der Waals surface area contributed by atoms with Crippen molar-refractivity contribution in [1.29, 1.82) is 0 Å². The molecule has 3 unspecified atom stereocenters. The van der Waals surface area contributed by atoms with E-state index in [-0.39, 0.29) is 5.54 Å². The second-order valence-corrected chi connectivity index (χ2v) is 5.57. The van der Waals surface area contributed by atoms with Gasteiger partial charge in [0.2, 0.25) is 0 Å². The quantitative estimate of drug-likeness (QED) is 0.662. The largest absolute Gasteiger partial charge is 0.326 e. The van der Waals surface area contributed by atoms with Crippen LogP contribution in [-0.2, 0) is 0 Å². The molecule has 0 heterocycles. The highest BCUT2D eigenvalue weighted by Gasteiger charge is 2.35. The Balaban J connectivity index is 1.81. The molecule has 1 nitrogen and oxygen atoms in total. The van der Waals surface area contributed by atoms with E-state index in [4.69, 9.17) is 5.73 Å². The molecule has 3 atom stereocenters. The molecule has 0 radical (unpaired) electrons. The van der Waals surface area contributed by atoms with Gasteiger partial charge in [0, 0.05) is 5.54 Å². The van der Waals surface area contributed by atoms with Gasteiger partial charge in [0.05, 0.1) is 0 Å². The van der Waals surface area contributed by atoms with Crippen LogP contribution in [0.4, 0.5) is 0 Å². The Morgan fingerprint density at radius 1 is 1.31 bits per heavy atom. The van der Waals surface area contributed by atoms with Crippen LogP contribution in [0.3, 0.4) is 0 Å². The Bertz CT molecular complexity index is 212. The smallest absolute Gasteiger partial charge is 0.00971 e. The average Bonchev–Trinajstić information content (AvgIpc) is 2.58. The maximum atomic E-state index is 5.99. The molecule has 0 aromatic carbocycles. The first-order valence-electron chi connectivity index (χ1n) is 5.52. The summed E-state index contributed by atoms with van der Waals surface area (Å²) in [6, 6.07) is 0. The van der Waals surface area contributed by atoms with Crippen molar-refractivity contribution in [3.05, 3.63) is 12.2 Å². The van der Waals surface area contributed by atoms with Crippen LogP contribution in [0.1, 0.15) is 39.5 Å². The van der Waals surface area contributed by atoms with Crippen molar-refractivity contribution in [1.82, 2.24) is 0 Å². The van der Waals surface area contributed by atoms with Crippen molar-refractivity contribution >= 4 is 0 Å². The molecule has 2 aliphatic rings. The van der Waals surface area contributed by atoms with E-state index in [1.54, 1.807) is 0 Å². The lowest BCUT2D eigenvalue weighted by Crippen LogP contribution is -2.32. The zero-order valence-electron chi connectivity index (χ0n) is 8.79. The van der Waals surface area contributed by atoms with E-state index >= 15 is 0 Å². The van der Waals surface area contributed by atoms with Gasteiger partial charge >= 0.3 is 0 Å². The number of rotatable bonds is 3. The number of nitrogens with two attached hydrogens (primary N) is 1. The van der Waals surface area contributed by atoms with Gasteiger partial charge in [0.1, 0.15) is 0 Å². The molecule has 0 aromatic heterocycles. The molecule has 0 aromatic rings. The SMILES string of the molecule is CC(C)(N)CCC1CC2C=CC1C2. The van der Waals surface area contributed by atoms with Crippen molar-refractivity contribution < 1.29 is 0 Å². The van der Waals surface area contributed by atoms with Gasteiger partial charge in [-0.25, -0.2) is 0 Å². The van der Waals surface area contributed by atoms with Crippen LogP contribution in [0.2, 0.25) is 0 Å². The van der Waals surface area contributed by atoms with Crippen molar-refractivity contribution in [2.24, 2.45) is 23.5 Å². The third kappa shape index (κ3) is 2.14. The molecule has 2 rings (SSSR count). The van der Waals surface area contributed by atoms with E-state index in [1.165, 1.54) is 25.7 Å². The summed E-state index contributed by atoms with van der Waals surface area (Å²) < 4.78 is 0. The molecule has 1 fully saturated rings. The second-order valence-electron chi connectivity index (χ2n) is 5.57. The highest BCUT2D eigenvalue weighted by Crippen LogP contribution is 2.45. The molecular formula is C12H21N. The van der Waals surface area contributed by atoms with Crippen LogP contribution in [0.5, 0.6) is 0 Å². The van der Waals surface area contributed by atoms with Crippen LogP contribution in [0, 0.1) is 17.8 Å². The van der Waals surface area contributed by atoms with Crippen LogP contribution in [0.25, 0.3) is 0 Å². The summed E-state index contributed by atoms with van der Waals surface area (Å²) in [4.78, 5) is 0. The van der Waals surface area contributed by atoms with E-state index in [9.17, 15) is 0 Å². The third-order valence-corrected chi connectivity index (χ3v) is 3.58. The molecule has 2 N–H and O–H groups in total. The van der Waals surface area contributed by atoms with Crippen LogP contribution < -0.4 is 5.73 Å². The lowest BCUT2D eigenvalue weighted by molar-refractivity contribution is 0.348. The predicted molar refractivity (Wildman–Crippen MR) is 56.3 cm³/mol. The molecular weight excluding hydrogens is 158 g/mol. The summed E-state index contributed by atoms with van der Waals surface area (Å²) in [6.07, 6.45) is 10.2. The number of hydrogen-bond acceptors (Lipinski definition) is 1. The normalized spacial score (nSPS) is 37.3. The number of hydrogen-bond donors (Lipinski definition) is 1. The minimum atomic E-state index is 0.0333. The highest BCUT2D eigenvalue weighted by molar-refractivity contribution is 5.10. The first-order chi connectivity index (χ1) is 6.04. The van der Waals surface area contributed by atoms with Gasteiger partial charge in [-0.3, -0.25) is 0 Å². The van der Waals surface area contributed by atoms with Crippen LogP contribution >= 0.6 is 0 Å². The van der Waals surface area contributed by atoms with Crippen molar-refractivity contribution in [3.63, 3.8) is 0 Å². The van der Waals surface area contributed by atoms with E-state index in [2.05, 4.69) is 26.0 Å². The summed E-state index contributed by atoms with van der Waals surface area (Å²) >= 11 is 0. The molecule has 74 valence electrons. The van der Waals surface area contributed by atoms with Gasteiger partial charge in [0.15, 0.2) is 0 Å². The van der Waals surface area contributed by atoms with Crippen molar-refractivity contribution in [2.45, 2.75) is 45.1 Å². The summed E-state index contributed by atoms with van der Waals surface area (Å²) in [6.45, 7) is 4.27. The van der Waals surface area contributed by atoms with E-state index < -0.39 is 0 Å². The Labute approximate surface area is 81.4 Å². The lowest BCUT2D eigenvalue weighted by Gasteiger charge is -2.24. The zero-order chi connectivity index (χ0) is 9.47. The van der Waals surface area contributed by atoms with Gasteiger partial charge in [0.25, 0.3) is 0 Å². The van der Waals surface area contributed by atoms with E-state index in [0.29, 0.717) is 0 Å². The van der Waals surface area contributed by atoms with Gasteiger partial charge in [-0.2, -0.15) is 0 Å². The lowest BCUT2D eigenvalue weighted by atomic mass is 9.85. The Morgan fingerprint density at radius 2 is 2.08 bits per heavy atom. The molecule has 0 spiro atoms. The first-order valence-corrected chi connectivity index (χ1v) is 5.52. The maximum absolute atomic E-state index is 5.99. The van der Waals surface area contributed by atoms with Crippen LogP contribution in [-0.4, -0.2) is 5.54 Å². The molecule has 1 saturated carbocycles. The van der Waals surface area contributed by atoms with Crippen molar-refractivity contribution in [2.75, 3.05) is 0 Å². The summed E-state index contributed by atoms with van der Waals surface area (Å²) in [5.74, 6) is 2.75. The number of fused-ring (bicyclic) bond motifs is 2. The first kappa shape index (κ1) is 9.26. The molecule has 13 heavy (non-hydrogen) atoms. The van der Waals surface area contributed by atoms with E-state index in [0.717, 1.165) is 17.8 Å². The fourth-order valence-corrected chi connectivity index (χ4v) is 2.78. The fourth-order valence-electron chi connectivity index (χ4n) is 2.78. The number of allylic oxidation sites excluding steroid dienone is 2. The summed E-state index contributed by atoms with van der Waals surface area (Å²) in [5, 5.41) is 0.